The molecule has 0 amide bonds. The molecule has 0 atom stereocenters. The first-order valence-electron chi connectivity index (χ1n) is 4.40. The second-order valence-electron chi connectivity index (χ2n) is 3.00. The minimum Gasteiger partial charge on any atom is -0.218 e. The number of hydrogen-bond acceptors (Lipinski definition) is 3. The molecule has 0 radical (unpaired) electrons. The van der Waals surface area contributed by atoms with Crippen molar-refractivity contribution >= 4 is 23.2 Å². The minimum absolute atomic E-state index is 0.0650. The molecular formula is C11H5Cl2N3. The number of rotatable bonds is 1. The number of nitriles is 1. The maximum absolute atomic E-state index is 8.96. The maximum atomic E-state index is 8.96. The SMILES string of the molecule is N#Cc1ccccc1-c1cc(Cl)nc(Cl)n1. The van der Waals surface area contributed by atoms with Crippen LogP contribution in [0.2, 0.25) is 10.4 Å². The lowest BCUT2D eigenvalue weighted by atomic mass is 10.1. The van der Waals surface area contributed by atoms with E-state index in [1.807, 2.05) is 6.07 Å². The molecular weight excluding hydrogens is 245 g/mol. The van der Waals surface area contributed by atoms with Gasteiger partial charge >= 0.3 is 0 Å². The third kappa shape index (κ3) is 2.13. The van der Waals surface area contributed by atoms with Crippen molar-refractivity contribution in [1.29, 1.82) is 5.26 Å². The van der Waals surface area contributed by atoms with Crippen LogP contribution in [0.3, 0.4) is 0 Å². The molecule has 0 bridgehead atoms. The summed E-state index contributed by atoms with van der Waals surface area (Å²) in [5.74, 6) is 0. The molecule has 2 aromatic rings. The Labute approximate surface area is 102 Å². The number of halogens is 2. The van der Waals surface area contributed by atoms with Crippen molar-refractivity contribution in [3.8, 4) is 17.3 Å². The Hall–Kier alpha value is -1.63. The smallest absolute Gasteiger partial charge is 0.218 e. The predicted molar refractivity (Wildman–Crippen MR) is 62.2 cm³/mol. The van der Waals surface area contributed by atoms with E-state index in [1.54, 1.807) is 24.3 Å². The van der Waals surface area contributed by atoms with E-state index in [9.17, 15) is 0 Å². The van der Waals surface area contributed by atoms with Crippen LogP contribution < -0.4 is 0 Å². The van der Waals surface area contributed by atoms with Gasteiger partial charge in [0.1, 0.15) is 5.15 Å². The highest BCUT2D eigenvalue weighted by Crippen LogP contribution is 2.24. The van der Waals surface area contributed by atoms with Crippen molar-refractivity contribution in [3.63, 3.8) is 0 Å². The number of aromatic nitrogens is 2. The van der Waals surface area contributed by atoms with Crippen molar-refractivity contribution in [2.45, 2.75) is 0 Å². The van der Waals surface area contributed by atoms with Crippen molar-refractivity contribution in [1.82, 2.24) is 9.97 Å². The van der Waals surface area contributed by atoms with E-state index in [0.717, 1.165) is 0 Å². The number of hydrogen-bond donors (Lipinski definition) is 0. The van der Waals surface area contributed by atoms with Gasteiger partial charge in [-0.05, 0) is 17.7 Å². The summed E-state index contributed by atoms with van der Waals surface area (Å²) >= 11 is 11.5. The first-order chi connectivity index (χ1) is 7.70. The molecule has 16 heavy (non-hydrogen) atoms. The van der Waals surface area contributed by atoms with Crippen LogP contribution in [0.25, 0.3) is 11.3 Å². The summed E-state index contributed by atoms with van der Waals surface area (Å²) in [5.41, 5.74) is 1.76. The molecule has 0 spiro atoms. The van der Waals surface area contributed by atoms with Gasteiger partial charge in [-0.25, -0.2) is 9.97 Å². The highest BCUT2D eigenvalue weighted by molar-refractivity contribution is 6.32. The molecule has 78 valence electrons. The molecule has 5 heteroatoms. The monoisotopic (exact) mass is 249 g/mol. The zero-order valence-corrected chi connectivity index (χ0v) is 9.50. The zero-order chi connectivity index (χ0) is 11.5. The molecule has 2 rings (SSSR count). The lowest BCUT2D eigenvalue weighted by Gasteiger charge is -2.03. The highest BCUT2D eigenvalue weighted by Gasteiger charge is 2.08. The van der Waals surface area contributed by atoms with Gasteiger partial charge in [-0.3, -0.25) is 0 Å². The Morgan fingerprint density at radius 3 is 2.56 bits per heavy atom. The van der Waals surface area contributed by atoms with Crippen LogP contribution in [0.15, 0.2) is 30.3 Å². The third-order valence-corrected chi connectivity index (χ3v) is 2.35. The Morgan fingerprint density at radius 2 is 1.88 bits per heavy atom. The first kappa shape index (κ1) is 10.9. The summed E-state index contributed by atoms with van der Waals surface area (Å²) in [6.45, 7) is 0. The molecule has 0 aliphatic rings. The van der Waals surface area contributed by atoms with Gasteiger partial charge in [0.05, 0.1) is 17.3 Å². The summed E-state index contributed by atoms with van der Waals surface area (Å²) in [6.07, 6.45) is 0. The predicted octanol–water partition coefficient (Wildman–Crippen LogP) is 3.32. The van der Waals surface area contributed by atoms with E-state index >= 15 is 0 Å². The van der Waals surface area contributed by atoms with Gasteiger partial charge in [0.2, 0.25) is 5.28 Å². The Balaban J connectivity index is 2.63. The fraction of sp³-hybridized carbons (Fsp3) is 0. The highest BCUT2D eigenvalue weighted by atomic mass is 35.5. The minimum atomic E-state index is 0.0650. The fourth-order valence-electron chi connectivity index (χ4n) is 1.33. The van der Waals surface area contributed by atoms with Gasteiger partial charge in [-0.2, -0.15) is 5.26 Å². The van der Waals surface area contributed by atoms with Crippen molar-refractivity contribution in [2.24, 2.45) is 0 Å². The van der Waals surface area contributed by atoms with Crippen LogP contribution in [-0.4, -0.2) is 9.97 Å². The Morgan fingerprint density at radius 1 is 1.12 bits per heavy atom. The number of nitrogens with zero attached hydrogens (tertiary/aromatic N) is 3. The fourth-order valence-corrected chi connectivity index (χ4v) is 1.74. The first-order valence-corrected chi connectivity index (χ1v) is 5.16. The number of benzene rings is 1. The summed E-state index contributed by atoms with van der Waals surface area (Å²) in [5, 5.41) is 9.28. The molecule has 1 aromatic heterocycles. The van der Waals surface area contributed by atoms with Gasteiger partial charge in [0, 0.05) is 11.6 Å². The van der Waals surface area contributed by atoms with Crippen molar-refractivity contribution in [3.05, 3.63) is 46.3 Å². The lowest BCUT2D eigenvalue weighted by molar-refractivity contribution is 1.17. The quantitative estimate of drug-likeness (QED) is 0.576. The molecule has 0 fully saturated rings. The molecule has 1 aromatic carbocycles. The van der Waals surface area contributed by atoms with Gasteiger partial charge in [-0.15, -0.1) is 0 Å². The van der Waals surface area contributed by atoms with E-state index in [2.05, 4.69) is 16.0 Å². The van der Waals surface area contributed by atoms with E-state index < -0.39 is 0 Å². The average Bonchev–Trinajstić information content (AvgIpc) is 2.27. The second-order valence-corrected chi connectivity index (χ2v) is 3.73. The molecule has 0 unspecified atom stereocenters. The van der Waals surface area contributed by atoms with E-state index in [1.165, 1.54) is 0 Å². The normalized spacial score (nSPS) is 9.81. The van der Waals surface area contributed by atoms with Gasteiger partial charge in [0.25, 0.3) is 0 Å². The van der Waals surface area contributed by atoms with Gasteiger partial charge in [0.15, 0.2) is 0 Å². The topological polar surface area (TPSA) is 49.6 Å². The molecule has 3 nitrogen and oxygen atoms in total. The Bertz CT molecular complexity index is 555. The summed E-state index contributed by atoms with van der Waals surface area (Å²) in [4.78, 5) is 7.78. The summed E-state index contributed by atoms with van der Waals surface area (Å²) < 4.78 is 0. The van der Waals surface area contributed by atoms with Crippen LogP contribution >= 0.6 is 23.2 Å². The van der Waals surface area contributed by atoms with Crippen molar-refractivity contribution in [2.75, 3.05) is 0 Å². The molecule has 0 aliphatic heterocycles. The van der Waals surface area contributed by atoms with E-state index in [4.69, 9.17) is 28.5 Å². The van der Waals surface area contributed by atoms with Crippen LogP contribution in [-0.2, 0) is 0 Å². The van der Waals surface area contributed by atoms with E-state index in [0.29, 0.717) is 16.8 Å². The lowest BCUT2D eigenvalue weighted by Crippen LogP contribution is -1.90. The van der Waals surface area contributed by atoms with Gasteiger partial charge in [-0.1, -0.05) is 29.8 Å². The average molecular weight is 250 g/mol. The standard InChI is InChI=1S/C11H5Cl2N3/c12-10-5-9(15-11(13)16-10)8-4-2-1-3-7(8)6-14/h1-5H. The molecule has 1 heterocycles. The third-order valence-electron chi connectivity index (χ3n) is 1.99. The molecule has 0 saturated heterocycles. The van der Waals surface area contributed by atoms with Crippen LogP contribution in [0.5, 0.6) is 0 Å². The Kier molecular flexibility index (Phi) is 3.04. The van der Waals surface area contributed by atoms with E-state index in [-0.39, 0.29) is 10.4 Å². The van der Waals surface area contributed by atoms with Gasteiger partial charge < -0.3 is 0 Å². The molecule has 0 saturated carbocycles. The van der Waals surface area contributed by atoms with Crippen LogP contribution in [0.4, 0.5) is 0 Å². The second kappa shape index (κ2) is 4.48. The maximum Gasteiger partial charge on any atom is 0.224 e. The van der Waals surface area contributed by atoms with Crippen molar-refractivity contribution < 1.29 is 0 Å². The summed E-state index contributed by atoms with van der Waals surface area (Å²) in [7, 11) is 0. The molecule has 0 N–H and O–H groups in total. The largest absolute Gasteiger partial charge is 0.224 e. The summed E-state index contributed by atoms with van der Waals surface area (Å²) in [6, 6.07) is 10.8. The zero-order valence-electron chi connectivity index (χ0n) is 7.98. The molecule has 0 aliphatic carbocycles. The van der Waals surface area contributed by atoms with Crippen LogP contribution in [0, 0.1) is 11.3 Å². The van der Waals surface area contributed by atoms with Crippen LogP contribution in [0.1, 0.15) is 5.56 Å².